The zero-order valence-corrected chi connectivity index (χ0v) is 6.58. The van der Waals surface area contributed by atoms with Gasteiger partial charge in [-0.25, -0.2) is 0 Å². The third-order valence-electron chi connectivity index (χ3n) is 1.20. The third-order valence-corrected chi connectivity index (χ3v) is 1.20. The molecule has 58 valence electrons. The minimum Gasteiger partial charge on any atom is -0.447 e. The monoisotopic (exact) mass is 150 g/mol. The SMILES string of the molecule is C=C(C=O)/C=C\C(=C)B(C)O. The largest absolute Gasteiger partial charge is 0.447 e. The van der Waals surface area contributed by atoms with E-state index in [1.54, 1.807) is 12.9 Å². The summed E-state index contributed by atoms with van der Waals surface area (Å²) < 4.78 is 0. The molecule has 0 radical (unpaired) electrons. The second-order valence-electron chi connectivity index (χ2n) is 2.28. The van der Waals surface area contributed by atoms with Crippen LogP contribution in [0.15, 0.2) is 36.4 Å². The van der Waals surface area contributed by atoms with Crippen molar-refractivity contribution in [3.8, 4) is 0 Å². The number of rotatable bonds is 4. The van der Waals surface area contributed by atoms with Gasteiger partial charge in [-0.2, -0.15) is 0 Å². The lowest BCUT2D eigenvalue weighted by Gasteiger charge is -1.96. The van der Waals surface area contributed by atoms with Crippen molar-refractivity contribution in [3.05, 3.63) is 36.4 Å². The summed E-state index contributed by atoms with van der Waals surface area (Å²) in [7, 11) is 0. The highest BCUT2D eigenvalue weighted by atomic mass is 16.2. The third kappa shape index (κ3) is 4.34. The van der Waals surface area contributed by atoms with Crippen molar-refractivity contribution in [3.63, 3.8) is 0 Å². The zero-order chi connectivity index (χ0) is 8.85. The van der Waals surface area contributed by atoms with Crippen molar-refractivity contribution in [2.75, 3.05) is 0 Å². The highest BCUT2D eigenvalue weighted by Gasteiger charge is 2.02. The number of allylic oxidation sites excluding steroid dienone is 4. The molecule has 0 bridgehead atoms. The van der Waals surface area contributed by atoms with Gasteiger partial charge >= 0.3 is 6.92 Å². The number of carbonyl (C=O) groups is 1. The molecule has 0 unspecified atom stereocenters. The topological polar surface area (TPSA) is 37.3 Å². The average Bonchev–Trinajstić information content (AvgIpc) is 1.99. The van der Waals surface area contributed by atoms with E-state index < -0.39 is 6.92 Å². The van der Waals surface area contributed by atoms with E-state index >= 15 is 0 Å². The van der Waals surface area contributed by atoms with Gasteiger partial charge in [0.05, 0.1) is 0 Å². The predicted octanol–water partition coefficient (Wildman–Crippen LogP) is 1.01. The Hall–Kier alpha value is -1.09. The fourth-order valence-corrected chi connectivity index (χ4v) is 0.393. The van der Waals surface area contributed by atoms with Gasteiger partial charge in [0.1, 0.15) is 6.29 Å². The van der Waals surface area contributed by atoms with Crippen LogP contribution in [0.4, 0.5) is 0 Å². The van der Waals surface area contributed by atoms with Gasteiger partial charge in [-0.1, -0.05) is 31.0 Å². The van der Waals surface area contributed by atoms with E-state index in [0.717, 1.165) is 0 Å². The standard InChI is InChI=1S/C8H11BO2/c1-7(6-10)4-5-8(2)9(3)11/h4-6,11H,1-2H2,3H3/b5-4-. The summed E-state index contributed by atoms with van der Waals surface area (Å²) in [5.41, 5.74) is 0.930. The van der Waals surface area contributed by atoms with Gasteiger partial charge < -0.3 is 5.02 Å². The minimum atomic E-state index is -0.578. The van der Waals surface area contributed by atoms with E-state index in [0.29, 0.717) is 17.3 Å². The Morgan fingerprint density at radius 1 is 1.45 bits per heavy atom. The number of carbonyl (C=O) groups excluding carboxylic acids is 1. The first-order chi connectivity index (χ1) is 5.07. The Bertz CT molecular complexity index is 204. The molecule has 0 saturated heterocycles. The van der Waals surface area contributed by atoms with Crippen LogP contribution in [0.2, 0.25) is 6.82 Å². The second-order valence-corrected chi connectivity index (χ2v) is 2.28. The molecule has 0 atom stereocenters. The van der Waals surface area contributed by atoms with E-state index in [9.17, 15) is 4.79 Å². The zero-order valence-electron chi connectivity index (χ0n) is 6.58. The molecule has 0 aromatic carbocycles. The second kappa shape index (κ2) is 4.69. The van der Waals surface area contributed by atoms with Crippen LogP contribution in [0, 0.1) is 0 Å². The van der Waals surface area contributed by atoms with E-state index in [1.807, 2.05) is 0 Å². The summed E-state index contributed by atoms with van der Waals surface area (Å²) in [5.74, 6) is 0. The smallest absolute Gasteiger partial charge is 0.319 e. The first kappa shape index (κ1) is 9.91. The predicted molar refractivity (Wildman–Crippen MR) is 47.3 cm³/mol. The molecule has 2 nitrogen and oxygen atoms in total. The molecule has 0 aliphatic carbocycles. The van der Waals surface area contributed by atoms with Gasteiger partial charge in [0.25, 0.3) is 0 Å². The Balaban J connectivity index is 4.03. The summed E-state index contributed by atoms with van der Waals surface area (Å²) in [6, 6.07) is 0. The molecule has 0 aromatic heterocycles. The molecule has 0 amide bonds. The summed E-state index contributed by atoms with van der Waals surface area (Å²) in [6.07, 6.45) is 3.73. The molecule has 0 aliphatic rings. The summed E-state index contributed by atoms with van der Waals surface area (Å²) in [6.45, 7) is 8.02. The van der Waals surface area contributed by atoms with Crippen molar-refractivity contribution in [2.45, 2.75) is 6.82 Å². The van der Waals surface area contributed by atoms with Gasteiger partial charge in [-0.15, -0.1) is 6.58 Å². The van der Waals surface area contributed by atoms with Gasteiger partial charge in [0.15, 0.2) is 0 Å². The van der Waals surface area contributed by atoms with Crippen LogP contribution in [-0.2, 0) is 4.79 Å². The van der Waals surface area contributed by atoms with Crippen molar-refractivity contribution in [2.24, 2.45) is 0 Å². The summed E-state index contributed by atoms with van der Waals surface area (Å²) in [5, 5.41) is 8.94. The Labute approximate surface area is 67.0 Å². The van der Waals surface area contributed by atoms with E-state index in [2.05, 4.69) is 13.2 Å². The Morgan fingerprint density at radius 2 is 2.00 bits per heavy atom. The number of hydrogen-bond acceptors (Lipinski definition) is 2. The van der Waals surface area contributed by atoms with Crippen molar-refractivity contribution in [1.82, 2.24) is 0 Å². The normalized spacial score (nSPS) is 9.64. The van der Waals surface area contributed by atoms with Crippen LogP contribution in [0.5, 0.6) is 0 Å². The van der Waals surface area contributed by atoms with Gasteiger partial charge in [-0.05, 0) is 0 Å². The summed E-state index contributed by atoms with van der Waals surface area (Å²) >= 11 is 0. The van der Waals surface area contributed by atoms with Gasteiger partial charge in [-0.3, -0.25) is 4.79 Å². The van der Waals surface area contributed by atoms with E-state index in [4.69, 9.17) is 5.02 Å². The Kier molecular flexibility index (Phi) is 4.23. The Morgan fingerprint density at radius 3 is 2.36 bits per heavy atom. The molecular formula is C8H11BO2. The molecule has 0 rings (SSSR count). The quantitative estimate of drug-likeness (QED) is 0.281. The molecule has 0 aromatic rings. The first-order valence-electron chi connectivity index (χ1n) is 3.27. The molecule has 0 fully saturated rings. The highest BCUT2D eigenvalue weighted by molar-refractivity contribution is 6.58. The van der Waals surface area contributed by atoms with Crippen LogP contribution < -0.4 is 0 Å². The van der Waals surface area contributed by atoms with Crippen LogP contribution >= 0.6 is 0 Å². The highest BCUT2D eigenvalue weighted by Crippen LogP contribution is 1.98. The molecule has 0 heterocycles. The lowest BCUT2D eigenvalue weighted by molar-refractivity contribution is -0.104. The van der Waals surface area contributed by atoms with Crippen LogP contribution in [0.25, 0.3) is 0 Å². The summed E-state index contributed by atoms with van der Waals surface area (Å²) in [4.78, 5) is 10.0. The van der Waals surface area contributed by atoms with E-state index in [1.165, 1.54) is 6.08 Å². The fraction of sp³-hybridized carbons (Fsp3) is 0.125. The van der Waals surface area contributed by atoms with Crippen LogP contribution in [0.1, 0.15) is 0 Å². The molecule has 0 aliphatic heterocycles. The molecular weight excluding hydrogens is 139 g/mol. The van der Waals surface area contributed by atoms with E-state index in [-0.39, 0.29) is 0 Å². The lowest BCUT2D eigenvalue weighted by Crippen LogP contribution is -2.06. The van der Waals surface area contributed by atoms with Crippen LogP contribution in [0.3, 0.4) is 0 Å². The maximum absolute atomic E-state index is 10.0. The fourth-order valence-electron chi connectivity index (χ4n) is 0.393. The lowest BCUT2D eigenvalue weighted by atomic mass is 9.64. The maximum Gasteiger partial charge on any atom is 0.319 e. The molecule has 0 saturated carbocycles. The van der Waals surface area contributed by atoms with Crippen molar-refractivity contribution in [1.29, 1.82) is 0 Å². The van der Waals surface area contributed by atoms with Gasteiger partial charge in [0, 0.05) is 5.57 Å². The van der Waals surface area contributed by atoms with Crippen molar-refractivity contribution < 1.29 is 9.82 Å². The average molecular weight is 150 g/mol. The molecule has 3 heteroatoms. The number of hydrogen-bond donors (Lipinski definition) is 1. The first-order valence-corrected chi connectivity index (χ1v) is 3.27. The minimum absolute atomic E-state index is 0.367. The molecule has 0 spiro atoms. The van der Waals surface area contributed by atoms with Crippen molar-refractivity contribution >= 4 is 13.2 Å². The maximum atomic E-state index is 10.0. The number of aldehydes is 1. The molecule has 11 heavy (non-hydrogen) atoms. The van der Waals surface area contributed by atoms with Crippen LogP contribution in [-0.4, -0.2) is 18.2 Å². The molecule has 1 N–H and O–H groups in total. The van der Waals surface area contributed by atoms with Gasteiger partial charge in [0.2, 0.25) is 0 Å².